The van der Waals surface area contributed by atoms with Crippen LogP contribution in [0.15, 0.2) is 41.1 Å². The van der Waals surface area contributed by atoms with Gasteiger partial charge in [-0.15, -0.1) is 0 Å². The summed E-state index contributed by atoms with van der Waals surface area (Å²) in [5.74, 6) is 0.168. The van der Waals surface area contributed by atoms with Gasteiger partial charge >= 0.3 is 6.18 Å². The Hall–Kier alpha value is -1.63. The van der Waals surface area contributed by atoms with Crippen LogP contribution in [0.25, 0.3) is 0 Å². The second-order valence-electron chi connectivity index (χ2n) is 3.30. The normalized spacial score (nSPS) is 11.3. The van der Waals surface area contributed by atoms with Crippen molar-refractivity contribution in [3.8, 4) is 11.6 Å². The van der Waals surface area contributed by atoms with Gasteiger partial charge in [0.2, 0.25) is 5.88 Å². The van der Waals surface area contributed by atoms with Crippen molar-refractivity contribution in [1.82, 2.24) is 9.97 Å². The van der Waals surface area contributed by atoms with Crippen molar-refractivity contribution < 1.29 is 17.9 Å². The summed E-state index contributed by atoms with van der Waals surface area (Å²) in [5, 5.41) is 0. The third kappa shape index (κ3) is 3.19. The zero-order valence-electron chi connectivity index (χ0n) is 8.78. The van der Waals surface area contributed by atoms with Gasteiger partial charge in [-0.1, -0.05) is 6.07 Å². The van der Waals surface area contributed by atoms with Gasteiger partial charge < -0.3 is 4.74 Å². The van der Waals surface area contributed by atoms with E-state index in [1.165, 1.54) is 24.5 Å². The van der Waals surface area contributed by atoms with Crippen LogP contribution in [0, 0.1) is 0 Å². The standard InChI is InChI=1S/C11H6BrF3N2O/c12-7-4-8(6-16-5-7)18-10-3-1-2-9(17-10)11(13,14)15/h1-6H. The number of nitrogens with zero attached hydrogens (tertiary/aromatic N) is 2. The lowest BCUT2D eigenvalue weighted by Crippen LogP contribution is -2.07. The molecule has 0 bridgehead atoms. The molecule has 2 aromatic heterocycles. The van der Waals surface area contributed by atoms with Crippen LogP contribution in [0.4, 0.5) is 13.2 Å². The summed E-state index contributed by atoms with van der Waals surface area (Å²) in [6.45, 7) is 0. The van der Waals surface area contributed by atoms with Gasteiger partial charge in [0.25, 0.3) is 0 Å². The first-order valence-corrected chi connectivity index (χ1v) is 5.57. The molecule has 0 spiro atoms. The van der Waals surface area contributed by atoms with Crippen LogP contribution in [0.3, 0.4) is 0 Å². The fraction of sp³-hybridized carbons (Fsp3) is 0.0909. The fourth-order valence-corrected chi connectivity index (χ4v) is 1.54. The summed E-state index contributed by atoms with van der Waals surface area (Å²) < 4.78 is 43.1. The number of ether oxygens (including phenoxy) is 1. The molecule has 94 valence electrons. The van der Waals surface area contributed by atoms with Crippen LogP contribution >= 0.6 is 15.9 Å². The summed E-state index contributed by atoms with van der Waals surface area (Å²) in [6, 6.07) is 5.04. The van der Waals surface area contributed by atoms with E-state index in [0.717, 1.165) is 6.07 Å². The number of halogens is 4. The second kappa shape index (κ2) is 4.93. The molecule has 0 aromatic carbocycles. The highest BCUT2D eigenvalue weighted by Gasteiger charge is 2.32. The quantitative estimate of drug-likeness (QED) is 0.837. The zero-order chi connectivity index (χ0) is 13.2. The van der Waals surface area contributed by atoms with E-state index in [1.54, 1.807) is 6.07 Å². The minimum atomic E-state index is -4.49. The first-order valence-electron chi connectivity index (χ1n) is 4.78. The highest BCUT2D eigenvalue weighted by atomic mass is 79.9. The summed E-state index contributed by atoms with van der Waals surface area (Å²) in [7, 11) is 0. The van der Waals surface area contributed by atoms with E-state index in [-0.39, 0.29) is 5.88 Å². The molecule has 0 aliphatic heterocycles. The molecule has 0 aliphatic rings. The third-order valence-corrected chi connectivity index (χ3v) is 2.35. The van der Waals surface area contributed by atoms with E-state index in [4.69, 9.17) is 4.74 Å². The lowest BCUT2D eigenvalue weighted by Gasteiger charge is -2.08. The Balaban J connectivity index is 2.25. The number of rotatable bonds is 2. The molecular weight excluding hydrogens is 313 g/mol. The van der Waals surface area contributed by atoms with Crippen molar-refractivity contribution in [3.63, 3.8) is 0 Å². The molecule has 0 fully saturated rings. The number of pyridine rings is 2. The van der Waals surface area contributed by atoms with Crippen molar-refractivity contribution in [2.75, 3.05) is 0 Å². The monoisotopic (exact) mass is 318 g/mol. The van der Waals surface area contributed by atoms with Gasteiger partial charge in [-0.2, -0.15) is 13.2 Å². The summed E-state index contributed by atoms with van der Waals surface area (Å²) in [4.78, 5) is 7.21. The number of hydrogen-bond acceptors (Lipinski definition) is 3. The maximum absolute atomic E-state index is 12.4. The number of alkyl halides is 3. The predicted molar refractivity (Wildman–Crippen MR) is 61.3 cm³/mol. The molecule has 0 radical (unpaired) electrons. The average Bonchev–Trinajstić information content (AvgIpc) is 2.28. The first-order chi connectivity index (χ1) is 8.45. The molecule has 0 saturated heterocycles. The predicted octanol–water partition coefficient (Wildman–Crippen LogP) is 4.05. The van der Waals surface area contributed by atoms with Crippen molar-refractivity contribution in [3.05, 3.63) is 46.8 Å². The van der Waals surface area contributed by atoms with Gasteiger partial charge in [-0.3, -0.25) is 4.98 Å². The van der Waals surface area contributed by atoms with Crippen molar-refractivity contribution in [2.45, 2.75) is 6.18 Å². The van der Waals surface area contributed by atoms with Gasteiger partial charge in [0.1, 0.15) is 11.4 Å². The van der Waals surface area contributed by atoms with E-state index in [9.17, 15) is 13.2 Å². The van der Waals surface area contributed by atoms with E-state index in [0.29, 0.717) is 10.2 Å². The Morgan fingerprint density at radius 3 is 2.61 bits per heavy atom. The van der Waals surface area contributed by atoms with Crippen LogP contribution in [-0.2, 0) is 6.18 Å². The molecule has 18 heavy (non-hydrogen) atoms. The molecule has 0 amide bonds. The van der Waals surface area contributed by atoms with Crippen LogP contribution in [0.1, 0.15) is 5.69 Å². The molecule has 0 N–H and O–H groups in total. The van der Waals surface area contributed by atoms with Crippen LogP contribution in [0.5, 0.6) is 11.6 Å². The average molecular weight is 319 g/mol. The SMILES string of the molecule is FC(F)(F)c1cccc(Oc2cncc(Br)c2)n1. The van der Waals surface area contributed by atoms with Crippen LogP contribution in [-0.4, -0.2) is 9.97 Å². The minimum Gasteiger partial charge on any atom is -0.437 e. The fourth-order valence-electron chi connectivity index (χ4n) is 1.20. The molecule has 0 aliphatic carbocycles. The van der Waals surface area contributed by atoms with Gasteiger partial charge in [-0.25, -0.2) is 4.98 Å². The molecule has 2 rings (SSSR count). The maximum atomic E-state index is 12.4. The van der Waals surface area contributed by atoms with E-state index < -0.39 is 11.9 Å². The Labute approximate surface area is 109 Å². The van der Waals surface area contributed by atoms with Gasteiger partial charge in [0.15, 0.2) is 0 Å². The molecule has 3 nitrogen and oxygen atoms in total. The first kappa shape index (κ1) is 12.8. The van der Waals surface area contributed by atoms with Gasteiger partial charge in [0, 0.05) is 16.7 Å². The molecule has 0 atom stereocenters. The van der Waals surface area contributed by atoms with Gasteiger partial charge in [-0.05, 0) is 28.1 Å². The minimum absolute atomic E-state index is 0.135. The smallest absolute Gasteiger partial charge is 0.433 e. The number of aromatic nitrogens is 2. The van der Waals surface area contributed by atoms with E-state index >= 15 is 0 Å². The topological polar surface area (TPSA) is 35.0 Å². The largest absolute Gasteiger partial charge is 0.437 e. The zero-order valence-corrected chi connectivity index (χ0v) is 10.4. The maximum Gasteiger partial charge on any atom is 0.433 e. The van der Waals surface area contributed by atoms with Crippen molar-refractivity contribution in [2.24, 2.45) is 0 Å². The van der Waals surface area contributed by atoms with Crippen LogP contribution < -0.4 is 4.74 Å². The molecule has 2 aromatic rings. The lowest BCUT2D eigenvalue weighted by atomic mass is 10.3. The van der Waals surface area contributed by atoms with Crippen molar-refractivity contribution in [1.29, 1.82) is 0 Å². The van der Waals surface area contributed by atoms with Crippen LogP contribution in [0.2, 0.25) is 0 Å². The Morgan fingerprint density at radius 1 is 1.17 bits per heavy atom. The molecule has 0 unspecified atom stereocenters. The summed E-state index contributed by atoms with van der Waals surface area (Å²) >= 11 is 3.18. The molecule has 7 heteroatoms. The highest BCUT2D eigenvalue weighted by molar-refractivity contribution is 9.10. The van der Waals surface area contributed by atoms with Gasteiger partial charge in [0.05, 0.1) is 6.20 Å². The summed E-state index contributed by atoms with van der Waals surface area (Å²) in [6.07, 6.45) is -1.58. The third-order valence-electron chi connectivity index (χ3n) is 1.92. The van der Waals surface area contributed by atoms with E-state index in [2.05, 4.69) is 25.9 Å². The Bertz CT molecular complexity index is 560. The lowest BCUT2D eigenvalue weighted by molar-refractivity contribution is -0.141. The van der Waals surface area contributed by atoms with E-state index in [1.807, 2.05) is 0 Å². The Morgan fingerprint density at radius 2 is 1.94 bits per heavy atom. The molecule has 0 saturated carbocycles. The Kier molecular flexibility index (Phi) is 3.51. The van der Waals surface area contributed by atoms with Crippen molar-refractivity contribution >= 4 is 15.9 Å². The highest BCUT2D eigenvalue weighted by Crippen LogP contribution is 2.30. The second-order valence-corrected chi connectivity index (χ2v) is 4.22. The number of hydrogen-bond donors (Lipinski definition) is 0. The molecule has 2 heterocycles. The molecular formula is C11H6BrF3N2O. The summed E-state index contributed by atoms with van der Waals surface area (Å²) in [5.41, 5.74) is -0.997.